The summed E-state index contributed by atoms with van der Waals surface area (Å²) in [5.41, 5.74) is 2.66. The maximum absolute atomic E-state index is 13.6. The summed E-state index contributed by atoms with van der Waals surface area (Å²) in [5, 5.41) is 5.81. The van der Waals surface area contributed by atoms with Gasteiger partial charge >= 0.3 is 0 Å². The molecule has 1 atom stereocenters. The number of hydrogen-bond donors (Lipinski definition) is 1. The van der Waals surface area contributed by atoms with E-state index in [4.69, 9.17) is 0 Å². The topological polar surface area (TPSA) is 62.3 Å². The van der Waals surface area contributed by atoms with Gasteiger partial charge in [-0.25, -0.2) is 9.37 Å². The fraction of sp³-hybridized carbons (Fsp3) is 0.148. The number of hydrogen-bond acceptors (Lipinski definition) is 4. The fourth-order valence-corrected chi connectivity index (χ4v) is 4.24. The molecule has 172 valence electrons. The number of aryl methyl sites for hydroxylation is 1. The maximum Gasteiger partial charge on any atom is 0.251 e. The summed E-state index contributed by atoms with van der Waals surface area (Å²) in [5.74, 6) is -0.844. The summed E-state index contributed by atoms with van der Waals surface area (Å²) < 4.78 is 13.6. The highest BCUT2D eigenvalue weighted by atomic mass is 32.1. The molecule has 1 unspecified atom stereocenters. The quantitative estimate of drug-likeness (QED) is 0.358. The first kappa shape index (κ1) is 23.3. The summed E-state index contributed by atoms with van der Waals surface area (Å²) in [7, 11) is 0. The van der Waals surface area contributed by atoms with Gasteiger partial charge in [-0.15, -0.1) is 11.3 Å². The van der Waals surface area contributed by atoms with Gasteiger partial charge in [0, 0.05) is 16.6 Å². The first-order chi connectivity index (χ1) is 16.5. The van der Waals surface area contributed by atoms with Crippen LogP contribution >= 0.6 is 11.3 Å². The molecule has 0 radical (unpaired) electrons. The molecular formula is C27H24FN3O2S. The van der Waals surface area contributed by atoms with E-state index in [9.17, 15) is 14.0 Å². The number of carbonyl (C=O) groups is 2. The van der Waals surface area contributed by atoms with E-state index in [2.05, 4.69) is 10.3 Å². The molecule has 4 rings (SSSR count). The van der Waals surface area contributed by atoms with E-state index in [0.29, 0.717) is 11.3 Å². The van der Waals surface area contributed by atoms with E-state index in [1.165, 1.54) is 23.5 Å². The van der Waals surface area contributed by atoms with Gasteiger partial charge in [0.1, 0.15) is 5.82 Å². The number of amides is 2. The van der Waals surface area contributed by atoms with E-state index in [0.717, 1.165) is 16.3 Å². The maximum atomic E-state index is 13.6. The lowest BCUT2D eigenvalue weighted by Crippen LogP contribution is -2.36. The smallest absolute Gasteiger partial charge is 0.251 e. The normalized spacial score (nSPS) is 11.6. The number of thiazole rings is 1. The van der Waals surface area contributed by atoms with Gasteiger partial charge in [0.15, 0.2) is 0 Å². The van der Waals surface area contributed by atoms with Gasteiger partial charge in [-0.3, -0.25) is 9.59 Å². The number of carbonyl (C=O) groups excluding carboxylic acids is 2. The number of benzene rings is 3. The predicted octanol–water partition coefficient (Wildman–Crippen LogP) is 5.69. The Morgan fingerprint density at radius 3 is 2.24 bits per heavy atom. The second-order valence-corrected chi connectivity index (χ2v) is 8.88. The van der Waals surface area contributed by atoms with Crippen LogP contribution in [0.3, 0.4) is 0 Å². The van der Waals surface area contributed by atoms with Crippen LogP contribution in [0, 0.1) is 12.7 Å². The van der Waals surface area contributed by atoms with Gasteiger partial charge < -0.3 is 10.2 Å². The number of nitrogens with one attached hydrogen (secondary N) is 1. The molecule has 0 saturated carbocycles. The molecule has 34 heavy (non-hydrogen) atoms. The van der Waals surface area contributed by atoms with Crippen molar-refractivity contribution in [3.05, 3.63) is 118 Å². The summed E-state index contributed by atoms with van der Waals surface area (Å²) in [4.78, 5) is 32.6. The second-order valence-electron chi connectivity index (χ2n) is 7.82. The third-order valence-electron chi connectivity index (χ3n) is 5.35. The van der Waals surface area contributed by atoms with Gasteiger partial charge in [-0.1, -0.05) is 48.5 Å². The standard InChI is InChI=1S/C27H24FN3O2S/c1-19-29-23(18-34-19)17-31(24-14-12-22(28)13-15-24)26(32)16-25(20-8-4-2-5-9-20)30-27(33)21-10-6-3-7-11-21/h2-15,18,25H,16-17H2,1H3,(H,30,33). The van der Waals surface area contributed by atoms with Crippen molar-refractivity contribution in [1.29, 1.82) is 0 Å². The Labute approximate surface area is 201 Å². The third-order valence-corrected chi connectivity index (χ3v) is 6.17. The van der Waals surface area contributed by atoms with Crippen molar-refractivity contribution in [3.63, 3.8) is 0 Å². The number of halogens is 1. The van der Waals surface area contributed by atoms with Crippen LogP contribution in [0.4, 0.5) is 10.1 Å². The fourth-order valence-electron chi connectivity index (χ4n) is 3.64. The third kappa shape index (κ3) is 5.94. The van der Waals surface area contributed by atoms with Crippen molar-refractivity contribution < 1.29 is 14.0 Å². The zero-order chi connectivity index (χ0) is 23.9. The van der Waals surface area contributed by atoms with E-state index in [1.807, 2.05) is 48.7 Å². The molecule has 1 N–H and O–H groups in total. The first-order valence-corrected chi connectivity index (χ1v) is 11.8. The molecule has 0 fully saturated rings. The molecule has 0 saturated heterocycles. The SMILES string of the molecule is Cc1nc(CN(C(=O)CC(NC(=O)c2ccccc2)c2ccccc2)c2ccc(F)cc2)cs1. The second kappa shape index (κ2) is 10.9. The molecule has 7 heteroatoms. The van der Waals surface area contributed by atoms with Crippen LogP contribution in [0.2, 0.25) is 0 Å². The van der Waals surface area contributed by atoms with Crippen molar-refractivity contribution in [2.75, 3.05) is 4.90 Å². The number of nitrogens with zero attached hydrogens (tertiary/aromatic N) is 2. The van der Waals surface area contributed by atoms with E-state index in [1.54, 1.807) is 41.3 Å². The van der Waals surface area contributed by atoms with E-state index < -0.39 is 6.04 Å². The molecule has 0 spiro atoms. The van der Waals surface area contributed by atoms with Gasteiger partial charge in [0.2, 0.25) is 5.91 Å². The first-order valence-electron chi connectivity index (χ1n) is 10.9. The molecule has 3 aromatic carbocycles. The van der Waals surface area contributed by atoms with Crippen LogP contribution < -0.4 is 10.2 Å². The van der Waals surface area contributed by atoms with Crippen LogP contribution in [0.15, 0.2) is 90.3 Å². The number of rotatable bonds is 8. The number of aromatic nitrogens is 1. The van der Waals surface area contributed by atoms with Crippen LogP contribution in [0.25, 0.3) is 0 Å². The zero-order valence-corrected chi connectivity index (χ0v) is 19.5. The van der Waals surface area contributed by atoms with Gasteiger partial charge in [0.25, 0.3) is 5.91 Å². The Balaban J connectivity index is 1.61. The lowest BCUT2D eigenvalue weighted by Gasteiger charge is -2.26. The average Bonchev–Trinajstić information content (AvgIpc) is 3.28. The molecule has 0 aliphatic carbocycles. The Bertz CT molecular complexity index is 1240. The van der Waals surface area contributed by atoms with E-state index in [-0.39, 0.29) is 30.6 Å². The molecular weight excluding hydrogens is 449 g/mol. The molecule has 0 bridgehead atoms. The number of anilines is 1. The average molecular weight is 474 g/mol. The summed E-state index contributed by atoms with van der Waals surface area (Å²) in [6, 6.07) is 23.6. The Kier molecular flexibility index (Phi) is 7.44. The van der Waals surface area contributed by atoms with Crippen molar-refractivity contribution in [2.24, 2.45) is 0 Å². The Morgan fingerprint density at radius 1 is 0.971 bits per heavy atom. The highest BCUT2D eigenvalue weighted by Crippen LogP contribution is 2.24. The minimum atomic E-state index is -0.540. The molecule has 4 aromatic rings. The molecule has 0 aliphatic heterocycles. The summed E-state index contributed by atoms with van der Waals surface area (Å²) in [6.07, 6.45) is 0.0308. The van der Waals surface area contributed by atoms with Crippen molar-refractivity contribution in [2.45, 2.75) is 25.9 Å². The predicted molar refractivity (Wildman–Crippen MR) is 132 cm³/mol. The van der Waals surface area contributed by atoms with Crippen LogP contribution in [0.5, 0.6) is 0 Å². The van der Waals surface area contributed by atoms with Crippen LogP contribution in [-0.4, -0.2) is 16.8 Å². The van der Waals surface area contributed by atoms with Crippen molar-refractivity contribution in [3.8, 4) is 0 Å². The van der Waals surface area contributed by atoms with Gasteiger partial charge in [0.05, 0.1) is 29.7 Å². The molecule has 2 amide bonds. The largest absolute Gasteiger partial charge is 0.345 e. The van der Waals surface area contributed by atoms with E-state index >= 15 is 0 Å². The molecule has 5 nitrogen and oxygen atoms in total. The Hall–Kier alpha value is -3.84. The van der Waals surface area contributed by atoms with Crippen LogP contribution in [0.1, 0.15) is 39.1 Å². The van der Waals surface area contributed by atoms with Crippen LogP contribution in [-0.2, 0) is 11.3 Å². The minimum absolute atomic E-state index is 0.0308. The van der Waals surface area contributed by atoms with Crippen molar-refractivity contribution in [1.82, 2.24) is 10.3 Å². The molecule has 1 aromatic heterocycles. The lowest BCUT2D eigenvalue weighted by molar-refractivity contribution is -0.119. The van der Waals surface area contributed by atoms with Crippen molar-refractivity contribution >= 4 is 28.8 Å². The molecule has 0 aliphatic rings. The highest BCUT2D eigenvalue weighted by molar-refractivity contribution is 7.09. The van der Waals surface area contributed by atoms with Gasteiger partial charge in [-0.2, -0.15) is 0 Å². The highest BCUT2D eigenvalue weighted by Gasteiger charge is 2.24. The van der Waals surface area contributed by atoms with Gasteiger partial charge in [-0.05, 0) is 48.9 Å². The summed E-state index contributed by atoms with van der Waals surface area (Å²) in [6.45, 7) is 2.16. The lowest BCUT2D eigenvalue weighted by atomic mass is 10.0. The monoisotopic (exact) mass is 473 g/mol. The Morgan fingerprint density at radius 2 is 1.62 bits per heavy atom. The minimum Gasteiger partial charge on any atom is -0.345 e. The molecule has 1 heterocycles. The zero-order valence-electron chi connectivity index (χ0n) is 18.6. The summed E-state index contributed by atoms with van der Waals surface area (Å²) >= 11 is 1.51.